The van der Waals surface area contributed by atoms with Crippen LogP contribution in [0.25, 0.3) is 0 Å². The molecular weight excluding hydrogens is 540 g/mol. The number of allylic oxidation sites excluding steroid dienone is 2. The van der Waals surface area contributed by atoms with E-state index in [1.165, 1.54) is 6.08 Å². The summed E-state index contributed by atoms with van der Waals surface area (Å²) in [4.78, 5) is 37.9. The van der Waals surface area contributed by atoms with E-state index in [-0.39, 0.29) is 66.3 Å². The summed E-state index contributed by atoms with van der Waals surface area (Å²) in [7, 11) is 0. The van der Waals surface area contributed by atoms with Crippen molar-refractivity contribution in [2.24, 2.45) is 11.7 Å². The van der Waals surface area contributed by atoms with Gasteiger partial charge in [-0.25, -0.2) is 4.79 Å². The van der Waals surface area contributed by atoms with E-state index in [1.54, 1.807) is 17.9 Å². The van der Waals surface area contributed by atoms with Gasteiger partial charge in [-0.2, -0.15) is 0 Å². The van der Waals surface area contributed by atoms with Gasteiger partial charge in [-0.05, 0) is 45.6 Å². The third kappa shape index (κ3) is 9.65. The first-order valence-corrected chi connectivity index (χ1v) is 15.2. The molecule has 3 amide bonds. The smallest absolute Gasteiger partial charge is 0.410 e. The quantitative estimate of drug-likeness (QED) is 0.200. The van der Waals surface area contributed by atoms with Crippen molar-refractivity contribution in [2.75, 3.05) is 32.8 Å². The highest BCUT2D eigenvalue weighted by Crippen LogP contribution is 2.43. The molecule has 0 aromatic heterocycles. The number of nitrogens with two attached hydrogens (primary N) is 1. The zero-order valence-electron chi connectivity index (χ0n) is 25.4. The first-order valence-electron chi connectivity index (χ1n) is 15.2. The standard InChI is InChI=1S/C31H48N4O7/c1-20(5-8-24-17-31(19-39-31)18-25(42-24)16-28(32)36)6-9-27-21(2)15-26(23(4)41-27)34-29(37)10-7-22(3)40-30(38)35-13-11-33-12-14-35/h5-8,10,21-27,33H,9,11-19H2,1-4H3,(H2,32,36)(H,34,37)/t21-,22?,23+,24+,25+,26+,27-,31+/m0/s1. The third-order valence-electron chi connectivity index (χ3n) is 8.49. The molecule has 42 heavy (non-hydrogen) atoms. The van der Waals surface area contributed by atoms with E-state index in [4.69, 9.17) is 24.7 Å². The molecule has 4 rings (SSSR count). The molecule has 4 heterocycles. The number of rotatable bonds is 10. The van der Waals surface area contributed by atoms with Gasteiger partial charge in [0.15, 0.2) is 0 Å². The zero-order chi connectivity index (χ0) is 30.3. The zero-order valence-corrected chi connectivity index (χ0v) is 25.4. The Morgan fingerprint density at radius 2 is 1.90 bits per heavy atom. The van der Waals surface area contributed by atoms with Crippen LogP contribution in [0.3, 0.4) is 0 Å². The van der Waals surface area contributed by atoms with Gasteiger partial charge < -0.3 is 40.2 Å². The predicted octanol–water partition coefficient (Wildman–Crippen LogP) is 2.36. The first-order chi connectivity index (χ1) is 20.0. The summed E-state index contributed by atoms with van der Waals surface area (Å²) < 4.78 is 23.5. The summed E-state index contributed by atoms with van der Waals surface area (Å²) in [5.74, 6) is -0.330. The van der Waals surface area contributed by atoms with E-state index in [1.807, 2.05) is 13.0 Å². The van der Waals surface area contributed by atoms with Crippen molar-refractivity contribution in [3.8, 4) is 0 Å². The second kappa shape index (κ2) is 14.6. The minimum absolute atomic E-state index is 0.0467. The van der Waals surface area contributed by atoms with Crippen molar-refractivity contribution >= 4 is 17.9 Å². The van der Waals surface area contributed by atoms with E-state index >= 15 is 0 Å². The maximum absolute atomic E-state index is 12.6. The van der Waals surface area contributed by atoms with Crippen molar-refractivity contribution < 1.29 is 33.3 Å². The minimum atomic E-state index is -0.505. The van der Waals surface area contributed by atoms with Crippen molar-refractivity contribution in [3.63, 3.8) is 0 Å². The molecule has 0 aliphatic carbocycles. The maximum atomic E-state index is 12.6. The monoisotopic (exact) mass is 588 g/mol. The van der Waals surface area contributed by atoms with Gasteiger partial charge in [-0.3, -0.25) is 9.59 Å². The first kappa shape index (κ1) is 32.2. The maximum Gasteiger partial charge on any atom is 0.410 e. The summed E-state index contributed by atoms with van der Waals surface area (Å²) >= 11 is 0. The second-order valence-corrected chi connectivity index (χ2v) is 12.3. The van der Waals surface area contributed by atoms with E-state index in [0.29, 0.717) is 26.1 Å². The molecular formula is C31H48N4O7. The van der Waals surface area contributed by atoms with Gasteiger partial charge in [0.05, 0.1) is 49.1 Å². The Kier molecular flexibility index (Phi) is 11.2. The average molecular weight is 589 g/mol. The third-order valence-corrected chi connectivity index (χ3v) is 8.49. The molecule has 4 aliphatic rings. The topological polar surface area (TPSA) is 145 Å². The normalized spacial score (nSPS) is 34.5. The Labute approximate surface area is 249 Å². The molecule has 8 atom stereocenters. The van der Waals surface area contributed by atoms with Crippen LogP contribution in [0, 0.1) is 5.92 Å². The van der Waals surface area contributed by atoms with Gasteiger partial charge in [0.2, 0.25) is 11.8 Å². The number of nitrogens with one attached hydrogen (secondary N) is 2. The van der Waals surface area contributed by atoms with Crippen molar-refractivity contribution in [1.82, 2.24) is 15.5 Å². The van der Waals surface area contributed by atoms with Crippen LogP contribution in [0.5, 0.6) is 0 Å². The summed E-state index contributed by atoms with van der Waals surface area (Å²) in [6.07, 6.45) is 11.3. The number of hydrogen-bond acceptors (Lipinski definition) is 8. The Balaban J connectivity index is 1.19. The van der Waals surface area contributed by atoms with E-state index in [9.17, 15) is 14.4 Å². The lowest BCUT2D eigenvalue weighted by Crippen LogP contribution is -2.50. The summed E-state index contributed by atoms with van der Waals surface area (Å²) in [5, 5.41) is 6.25. The molecule has 0 aromatic carbocycles. The number of carbonyl (C=O) groups excluding carboxylic acids is 3. The van der Waals surface area contributed by atoms with Crippen LogP contribution in [0.2, 0.25) is 0 Å². The molecule has 0 bridgehead atoms. The largest absolute Gasteiger partial charge is 0.442 e. The average Bonchev–Trinajstić information content (AvgIpc) is 3.69. The molecule has 4 N–H and O–H groups in total. The van der Waals surface area contributed by atoms with E-state index in [0.717, 1.165) is 37.9 Å². The van der Waals surface area contributed by atoms with Gasteiger partial charge in [0.1, 0.15) is 6.10 Å². The molecule has 0 saturated carbocycles. The van der Waals surface area contributed by atoms with Crippen molar-refractivity contribution in [2.45, 2.75) is 102 Å². The number of amides is 3. The Bertz CT molecular complexity index is 1050. The summed E-state index contributed by atoms with van der Waals surface area (Å²) in [5.41, 5.74) is 6.33. The number of piperazine rings is 1. The molecule has 0 aromatic rings. The Morgan fingerprint density at radius 3 is 2.60 bits per heavy atom. The fourth-order valence-electron chi connectivity index (χ4n) is 5.92. The molecule has 4 aliphatic heterocycles. The van der Waals surface area contributed by atoms with Crippen LogP contribution in [0.15, 0.2) is 36.0 Å². The number of nitrogens with zero attached hydrogens (tertiary/aromatic N) is 1. The molecule has 1 unspecified atom stereocenters. The predicted molar refractivity (Wildman–Crippen MR) is 157 cm³/mol. The Hall–Kier alpha value is -2.73. The molecule has 0 radical (unpaired) electrons. The Morgan fingerprint density at radius 1 is 1.17 bits per heavy atom. The van der Waals surface area contributed by atoms with Crippen molar-refractivity contribution in [3.05, 3.63) is 36.0 Å². The highest BCUT2D eigenvalue weighted by atomic mass is 16.6. The van der Waals surface area contributed by atoms with Crippen LogP contribution >= 0.6 is 0 Å². The van der Waals surface area contributed by atoms with Gasteiger partial charge >= 0.3 is 6.09 Å². The lowest BCUT2D eigenvalue weighted by Gasteiger charge is -2.39. The fourth-order valence-corrected chi connectivity index (χ4v) is 5.92. The molecule has 4 fully saturated rings. The van der Waals surface area contributed by atoms with E-state index in [2.05, 4.69) is 36.6 Å². The minimum Gasteiger partial charge on any atom is -0.442 e. The molecule has 11 nitrogen and oxygen atoms in total. The number of primary amides is 1. The molecule has 11 heteroatoms. The van der Waals surface area contributed by atoms with Crippen LogP contribution in [-0.4, -0.2) is 97.8 Å². The molecule has 234 valence electrons. The van der Waals surface area contributed by atoms with Crippen LogP contribution in [0.1, 0.15) is 59.8 Å². The van der Waals surface area contributed by atoms with Gasteiger partial charge in [0, 0.05) is 45.1 Å². The number of carbonyl (C=O) groups is 3. The summed E-state index contributed by atoms with van der Waals surface area (Å²) in [6, 6.07) is -0.106. The number of ether oxygens (including phenoxy) is 4. The van der Waals surface area contributed by atoms with Gasteiger partial charge in [-0.15, -0.1) is 0 Å². The van der Waals surface area contributed by atoms with Crippen LogP contribution < -0.4 is 16.4 Å². The van der Waals surface area contributed by atoms with Crippen molar-refractivity contribution in [1.29, 1.82) is 0 Å². The highest BCUT2D eigenvalue weighted by molar-refractivity contribution is 5.87. The summed E-state index contributed by atoms with van der Waals surface area (Å²) in [6.45, 7) is 11.4. The van der Waals surface area contributed by atoms with E-state index < -0.39 is 6.10 Å². The van der Waals surface area contributed by atoms with Gasteiger partial charge in [0.25, 0.3) is 0 Å². The fraction of sp³-hybridized carbons (Fsp3) is 0.710. The van der Waals surface area contributed by atoms with Crippen LogP contribution in [0.4, 0.5) is 4.79 Å². The highest BCUT2D eigenvalue weighted by Gasteiger charge is 2.51. The lowest BCUT2D eigenvalue weighted by atomic mass is 9.88. The SMILES string of the molecule is CC(C=C[C@@H]1C[C@]2(CO2)C[C@@H](CC(N)=O)O1)=CC[C@@H]1O[C@H](C)[C@H](NC(=O)C=CC(C)OC(=O)N2CCNCC2)C[C@@H]1C. The van der Waals surface area contributed by atoms with Crippen LogP contribution in [-0.2, 0) is 28.5 Å². The van der Waals surface area contributed by atoms with Gasteiger partial charge in [-0.1, -0.05) is 30.7 Å². The second-order valence-electron chi connectivity index (χ2n) is 12.3. The number of epoxide rings is 1. The number of hydrogen-bond donors (Lipinski definition) is 3. The molecule has 1 spiro atoms. The molecule has 4 saturated heterocycles. The lowest BCUT2D eigenvalue weighted by molar-refractivity contribution is -0.125.